The Morgan fingerprint density at radius 2 is 1.78 bits per heavy atom. The second-order valence-corrected chi connectivity index (χ2v) is 7.81. The van der Waals surface area contributed by atoms with Crippen molar-refractivity contribution in [3.05, 3.63) is 35.4 Å². The molecule has 3 amide bonds. The SMILES string of the molecule is CC(C)c1ccc([C@]2(C)NC(=O)N(C[C@@H](O)CN3CCOCC3)C2=O)cc1. The molecule has 2 aliphatic heterocycles. The van der Waals surface area contributed by atoms with Crippen LogP contribution >= 0.6 is 0 Å². The molecule has 0 radical (unpaired) electrons. The standard InChI is InChI=1S/C20H29N3O4/c1-14(2)15-4-6-16(7-5-15)20(3)18(25)23(19(26)21-20)13-17(24)12-22-8-10-27-11-9-22/h4-7,14,17,24H,8-13H2,1-3H3,(H,21,26)/t17-,20-/m0/s1. The Balaban J connectivity index is 1.68. The summed E-state index contributed by atoms with van der Waals surface area (Å²) >= 11 is 0. The van der Waals surface area contributed by atoms with Crippen molar-refractivity contribution in [1.29, 1.82) is 0 Å². The van der Waals surface area contributed by atoms with Crippen LogP contribution in [0.2, 0.25) is 0 Å². The van der Waals surface area contributed by atoms with Crippen LogP contribution in [0.25, 0.3) is 0 Å². The summed E-state index contributed by atoms with van der Waals surface area (Å²) in [5.74, 6) is 0.0679. The monoisotopic (exact) mass is 375 g/mol. The van der Waals surface area contributed by atoms with E-state index in [2.05, 4.69) is 24.1 Å². The molecule has 2 atom stereocenters. The Hall–Kier alpha value is -1.96. The van der Waals surface area contributed by atoms with Crippen molar-refractivity contribution in [2.24, 2.45) is 0 Å². The number of hydrogen-bond acceptors (Lipinski definition) is 5. The van der Waals surface area contributed by atoms with Crippen LogP contribution in [0.4, 0.5) is 4.79 Å². The molecule has 0 bridgehead atoms. The highest BCUT2D eigenvalue weighted by Gasteiger charge is 2.49. The maximum Gasteiger partial charge on any atom is 0.325 e. The van der Waals surface area contributed by atoms with Crippen molar-refractivity contribution in [3.8, 4) is 0 Å². The third kappa shape index (κ3) is 4.15. The van der Waals surface area contributed by atoms with Gasteiger partial charge in [0.1, 0.15) is 5.54 Å². The van der Waals surface area contributed by atoms with Crippen LogP contribution in [-0.2, 0) is 15.1 Å². The van der Waals surface area contributed by atoms with Gasteiger partial charge in [-0.1, -0.05) is 38.1 Å². The fourth-order valence-electron chi connectivity index (χ4n) is 3.61. The number of nitrogens with one attached hydrogen (secondary N) is 1. The van der Waals surface area contributed by atoms with E-state index >= 15 is 0 Å². The van der Waals surface area contributed by atoms with Crippen LogP contribution in [0.1, 0.15) is 37.8 Å². The number of carbonyl (C=O) groups excluding carboxylic acids is 2. The molecule has 2 aliphatic rings. The highest BCUT2D eigenvalue weighted by atomic mass is 16.5. The van der Waals surface area contributed by atoms with Gasteiger partial charge in [0.05, 0.1) is 25.9 Å². The Labute approximate surface area is 160 Å². The predicted octanol–water partition coefficient (Wildman–Crippen LogP) is 1.27. The molecule has 3 rings (SSSR count). The molecule has 0 saturated carbocycles. The number of benzene rings is 1. The fourth-order valence-corrected chi connectivity index (χ4v) is 3.61. The molecule has 2 N–H and O–H groups in total. The van der Waals surface area contributed by atoms with Crippen molar-refractivity contribution in [1.82, 2.24) is 15.1 Å². The minimum absolute atomic E-state index is 0.0122. The highest BCUT2D eigenvalue weighted by molar-refractivity contribution is 6.07. The molecule has 2 heterocycles. The van der Waals surface area contributed by atoms with Crippen molar-refractivity contribution in [2.45, 2.75) is 38.3 Å². The van der Waals surface area contributed by atoms with Gasteiger partial charge in [-0.05, 0) is 24.0 Å². The predicted molar refractivity (Wildman–Crippen MR) is 101 cm³/mol. The maximum absolute atomic E-state index is 13.0. The van der Waals surface area contributed by atoms with Gasteiger partial charge in [-0.15, -0.1) is 0 Å². The van der Waals surface area contributed by atoms with Crippen molar-refractivity contribution in [3.63, 3.8) is 0 Å². The van der Waals surface area contributed by atoms with Gasteiger partial charge in [0, 0.05) is 19.6 Å². The van der Waals surface area contributed by atoms with E-state index in [0.717, 1.165) is 23.6 Å². The summed E-state index contributed by atoms with van der Waals surface area (Å²) in [5, 5.41) is 13.2. The van der Waals surface area contributed by atoms with Gasteiger partial charge in [-0.3, -0.25) is 14.6 Å². The maximum atomic E-state index is 13.0. The summed E-state index contributed by atoms with van der Waals surface area (Å²) in [4.78, 5) is 28.6. The molecule has 0 unspecified atom stereocenters. The van der Waals surface area contributed by atoms with Crippen molar-refractivity contribution < 1.29 is 19.4 Å². The van der Waals surface area contributed by atoms with E-state index in [1.54, 1.807) is 6.92 Å². The number of aliphatic hydroxyl groups excluding tert-OH is 1. The van der Waals surface area contributed by atoms with Crippen LogP contribution in [0.5, 0.6) is 0 Å². The molecule has 0 aromatic heterocycles. The van der Waals surface area contributed by atoms with Crippen LogP contribution in [-0.4, -0.2) is 72.3 Å². The quantitative estimate of drug-likeness (QED) is 0.732. The van der Waals surface area contributed by atoms with E-state index in [1.165, 1.54) is 5.56 Å². The van der Waals surface area contributed by atoms with Crippen LogP contribution < -0.4 is 5.32 Å². The van der Waals surface area contributed by atoms with Gasteiger partial charge in [-0.2, -0.15) is 0 Å². The number of rotatable bonds is 6. The first-order chi connectivity index (χ1) is 12.8. The number of aliphatic hydroxyl groups is 1. The van der Waals surface area contributed by atoms with Gasteiger partial charge in [0.2, 0.25) is 0 Å². The first-order valence-electron chi connectivity index (χ1n) is 9.54. The number of hydrogen-bond donors (Lipinski definition) is 2. The second-order valence-electron chi connectivity index (χ2n) is 7.81. The van der Waals surface area contributed by atoms with Crippen LogP contribution in [0.3, 0.4) is 0 Å². The second kappa shape index (κ2) is 7.96. The smallest absolute Gasteiger partial charge is 0.325 e. The average Bonchev–Trinajstić information content (AvgIpc) is 2.86. The van der Waals surface area contributed by atoms with Crippen LogP contribution in [0.15, 0.2) is 24.3 Å². The lowest BCUT2D eigenvalue weighted by Crippen LogP contribution is -2.46. The van der Waals surface area contributed by atoms with E-state index in [1.807, 2.05) is 24.3 Å². The topological polar surface area (TPSA) is 82.1 Å². The van der Waals surface area contributed by atoms with Crippen LogP contribution in [0, 0.1) is 0 Å². The number of urea groups is 1. The first kappa shape index (κ1) is 19.8. The molecular weight excluding hydrogens is 346 g/mol. The van der Waals surface area contributed by atoms with E-state index in [-0.39, 0.29) is 12.5 Å². The van der Waals surface area contributed by atoms with E-state index in [4.69, 9.17) is 4.74 Å². The number of carbonyl (C=O) groups is 2. The van der Waals surface area contributed by atoms with Gasteiger partial charge in [0.15, 0.2) is 0 Å². The highest BCUT2D eigenvalue weighted by Crippen LogP contribution is 2.30. The number of nitrogens with zero attached hydrogens (tertiary/aromatic N) is 2. The van der Waals surface area contributed by atoms with Crippen molar-refractivity contribution in [2.75, 3.05) is 39.4 Å². The molecule has 1 aromatic rings. The number of amides is 3. The largest absolute Gasteiger partial charge is 0.390 e. The Kier molecular flexibility index (Phi) is 5.83. The zero-order chi connectivity index (χ0) is 19.6. The Morgan fingerprint density at radius 3 is 2.37 bits per heavy atom. The average molecular weight is 375 g/mol. The summed E-state index contributed by atoms with van der Waals surface area (Å²) in [7, 11) is 0. The lowest BCUT2D eigenvalue weighted by molar-refractivity contribution is -0.132. The molecule has 27 heavy (non-hydrogen) atoms. The molecule has 148 valence electrons. The van der Waals surface area contributed by atoms with E-state index in [0.29, 0.717) is 25.7 Å². The zero-order valence-electron chi connectivity index (χ0n) is 16.3. The Morgan fingerprint density at radius 1 is 1.15 bits per heavy atom. The summed E-state index contributed by atoms with van der Waals surface area (Å²) in [6.45, 7) is 9.11. The molecule has 7 nitrogen and oxygen atoms in total. The third-order valence-corrected chi connectivity index (χ3v) is 5.40. The van der Waals surface area contributed by atoms with Gasteiger partial charge < -0.3 is 15.2 Å². The number of imide groups is 1. The zero-order valence-corrected chi connectivity index (χ0v) is 16.3. The first-order valence-corrected chi connectivity index (χ1v) is 9.54. The molecule has 2 fully saturated rings. The third-order valence-electron chi connectivity index (χ3n) is 5.40. The van der Waals surface area contributed by atoms with Gasteiger partial charge in [-0.25, -0.2) is 4.79 Å². The minimum atomic E-state index is -1.11. The molecule has 0 aliphatic carbocycles. The van der Waals surface area contributed by atoms with Gasteiger partial charge >= 0.3 is 6.03 Å². The normalized spacial score (nSPS) is 25.1. The lowest BCUT2D eigenvalue weighted by atomic mass is 9.90. The Bertz CT molecular complexity index is 685. The molecule has 7 heteroatoms. The van der Waals surface area contributed by atoms with E-state index < -0.39 is 17.7 Å². The summed E-state index contributed by atoms with van der Waals surface area (Å²) in [6, 6.07) is 7.29. The van der Waals surface area contributed by atoms with Crippen molar-refractivity contribution >= 4 is 11.9 Å². The molecule has 0 spiro atoms. The summed E-state index contributed by atoms with van der Waals surface area (Å²) in [5.41, 5.74) is 0.818. The number of morpholine rings is 1. The number of β-amino-alcohol motifs (C(OH)–C–C–N with tert-alkyl or cyclic N) is 1. The summed E-state index contributed by atoms with van der Waals surface area (Å²) < 4.78 is 5.30. The van der Waals surface area contributed by atoms with Gasteiger partial charge in [0.25, 0.3) is 5.91 Å². The van der Waals surface area contributed by atoms with E-state index in [9.17, 15) is 14.7 Å². The number of ether oxygens (including phenoxy) is 1. The fraction of sp³-hybridized carbons (Fsp3) is 0.600. The molecule has 2 saturated heterocycles. The minimum Gasteiger partial charge on any atom is -0.390 e. The summed E-state index contributed by atoms with van der Waals surface area (Å²) in [6.07, 6.45) is -0.788. The molecule has 1 aromatic carbocycles. The molecular formula is C20H29N3O4. The lowest BCUT2D eigenvalue weighted by Gasteiger charge is -2.29.